The van der Waals surface area contributed by atoms with Crippen molar-refractivity contribution in [3.8, 4) is 5.75 Å². The molecule has 3 rings (SSSR count). The van der Waals surface area contributed by atoms with Crippen LogP contribution in [0.25, 0.3) is 0 Å². The Morgan fingerprint density at radius 2 is 2.09 bits per heavy atom. The number of allylic oxidation sites excluding steroid dienone is 1. The number of aromatic nitrogens is 3. The minimum atomic E-state index is -0.525. The van der Waals surface area contributed by atoms with E-state index in [9.17, 15) is 9.18 Å². The average Bonchev–Trinajstić information content (AvgIpc) is 3.15. The highest BCUT2D eigenvalue weighted by molar-refractivity contribution is 7.99. The minimum Gasteiger partial charge on any atom is -0.481 e. The molecule has 1 heterocycles. The van der Waals surface area contributed by atoms with Crippen molar-refractivity contribution in [2.24, 2.45) is 0 Å². The topological polar surface area (TPSA) is 69.0 Å². The summed E-state index contributed by atoms with van der Waals surface area (Å²) >= 11 is 13.4. The number of amides is 1. The number of ether oxygens (including phenoxy) is 1. The molecule has 0 aliphatic carbocycles. The predicted molar refractivity (Wildman–Crippen MR) is 126 cm³/mol. The highest BCUT2D eigenvalue weighted by atomic mass is 35.5. The van der Waals surface area contributed by atoms with Gasteiger partial charge >= 0.3 is 0 Å². The lowest BCUT2D eigenvalue weighted by Gasteiger charge is -2.16. The molecule has 168 valence electrons. The fourth-order valence-corrected chi connectivity index (χ4v) is 4.02. The number of carbonyl (C=O) groups excluding carboxylic acids is 1. The lowest BCUT2D eigenvalue weighted by atomic mass is 10.2. The molecule has 32 heavy (non-hydrogen) atoms. The van der Waals surface area contributed by atoms with Crippen LogP contribution in [0.4, 0.5) is 10.1 Å². The van der Waals surface area contributed by atoms with Crippen LogP contribution in [0.5, 0.6) is 5.75 Å². The summed E-state index contributed by atoms with van der Waals surface area (Å²) in [4.78, 5) is 12.4. The quantitative estimate of drug-likeness (QED) is 0.288. The molecule has 10 heteroatoms. The normalized spacial score (nSPS) is 11.8. The summed E-state index contributed by atoms with van der Waals surface area (Å²) in [5.74, 6) is 0.338. The maximum Gasteiger partial charge on any atom is 0.234 e. The number of halogens is 3. The monoisotopic (exact) mass is 494 g/mol. The van der Waals surface area contributed by atoms with E-state index in [0.717, 1.165) is 5.56 Å². The fraction of sp³-hybridized carbons (Fsp3) is 0.227. The summed E-state index contributed by atoms with van der Waals surface area (Å²) in [5.41, 5.74) is 1.46. The summed E-state index contributed by atoms with van der Waals surface area (Å²) < 4.78 is 20.9. The largest absolute Gasteiger partial charge is 0.481 e. The van der Waals surface area contributed by atoms with Gasteiger partial charge in [0.15, 0.2) is 17.1 Å². The average molecular weight is 495 g/mol. The number of nitrogens with zero attached hydrogens (tertiary/aromatic N) is 3. The van der Waals surface area contributed by atoms with E-state index in [-0.39, 0.29) is 16.7 Å². The molecule has 0 fully saturated rings. The van der Waals surface area contributed by atoms with Crippen molar-refractivity contribution >= 4 is 46.6 Å². The van der Waals surface area contributed by atoms with Gasteiger partial charge in [0.25, 0.3) is 0 Å². The van der Waals surface area contributed by atoms with Crippen molar-refractivity contribution in [1.82, 2.24) is 14.8 Å². The number of hydrogen-bond acceptors (Lipinski definition) is 5. The molecule has 1 unspecified atom stereocenters. The molecule has 0 saturated heterocycles. The van der Waals surface area contributed by atoms with E-state index in [2.05, 4.69) is 22.1 Å². The minimum absolute atomic E-state index is 0.125. The zero-order valence-electron chi connectivity index (χ0n) is 17.4. The fourth-order valence-electron chi connectivity index (χ4n) is 2.88. The Balaban J connectivity index is 1.70. The van der Waals surface area contributed by atoms with E-state index >= 15 is 0 Å². The van der Waals surface area contributed by atoms with Gasteiger partial charge in [-0.25, -0.2) is 4.39 Å². The van der Waals surface area contributed by atoms with E-state index in [4.69, 9.17) is 27.9 Å². The summed E-state index contributed by atoms with van der Waals surface area (Å²) in [7, 11) is 0. The maximum atomic E-state index is 13.3. The molecule has 1 atom stereocenters. The Bertz CT molecular complexity index is 1140. The van der Waals surface area contributed by atoms with Gasteiger partial charge < -0.3 is 10.1 Å². The Hall–Kier alpha value is -2.55. The first kappa shape index (κ1) is 24.1. The number of rotatable bonds is 9. The van der Waals surface area contributed by atoms with E-state index in [1.54, 1.807) is 35.8 Å². The summed E-state index contributed by atoms with van der Waals surface area (Å²) in [6.07, 6.45) is 1.17. The molecule has 0 radical (unpaired) electrons. The lowest BCUT2D eigenvalue weighted by molar-refractivity contribution is -0.113. The molecule has 1 amide bonds. The number of nitrogens with one attached hydrogen (secondary N) is 1. The summed E-state index contributed by atoms with van der Waals surface area (Å²) in [5, 5.41) is 12.6. The Morgan fingerprint density at radius 1 is 1.31 bits per heavy atom. The standard InChI is InChI=1S/C22H21Cl2FN4O2S/c1-4-10-29-21(14(3)31-19-9-8-15(25)11-17(19)24)27-28-22(29)32-12-20(30)26-18-7-5-6-16(23)13(18)2/h4-9,11,14H,1,10,12H2,2-3H3,(H,26,30). The zero-order chi connectivity index (χ0) is 23.3. The first-order valence-electron chi connectivity index (χ1n) is 9.63. The first-order chi connectivity index (χ1) is 15.3. The third-order valence-corrected chi connectivity index (χ3v) is 6.16. The molecule has 3 aromatic rings. The molecule has 2 aromatic carbocycles. The van der Waals surface area contributed by atoms with Crippen LogP contribution in [0.15, 0.2) is 54.2 Å². The summed E-state index contributed by atoms with van der Waals surface area (Å²) in [6, 6.07) is 9.24. The van der Waals surface area contributed by atoms with Crippen LogP contribution in [0.2, 0.25) is 10.0 Å². The van der Waals surface area contributed by atoms with Gasteiger partial charge in [-0.15, -0.1) is 16.8 Å². The van der Waals surface area contributed by atoms with Crippen LogP contribution in [0, 0.1) is 12.7 Å². The third kappa shape index (κ3) is 5.82. The van der Waals surface area contributed by atoms with E-state index in [1.807, 2.05) is 6.92 Å². The highest BCUT2D eigenvalue weighted by Crippen LogP contribution is 2.30. The molecule has 0 spiro atoms. The SMILES string of the molecule is C=CCn1c(SCC(=O)Nc2cccc(Cl)c2C)nnc1C(C)Oc1ccc(F)cc1Cl. The number of thioether (sulfide) groups is 1. The summed E-state index contributed by atoms with van der Waals surface area (Å²) in [6.45, 7) is 7.82. The number of benzene rings is 2. The molecule has 0 bridgehead atoms. The van der Waals surface area contributed by atoms with E-state index in [0.29, 0.717) is 34.0 Å². The smallest absolute Gasteiger partial charge is 0.234 e. The zero-order valence-corrected chi connectivity index (χ0v) is 19.8. The van der Waals surface area contributed by atoms with Gasteiger partial charge in [0.2, 0.25) is 5.91 Å². The van der Waals surface area contributed by atoms with Crippen molar-refractivity contribution in [3.63, 3.8) is 0 Å². The van der Waals surface area contributed by atoms with Gasteiger partial charge in [0.05, 0.1) is 10.8 Å². The molecule has 1 aromatic heterocycles. The van der Waals surface area contributed by atoms with Crippen LogP contribution < -0.4 is 10.1 Å². The van der Waals surface area contributed by atoms with Crippen LogP contribution in [0.3, 0.4) is 0 Å². The van der Waals surface area contributed by atoms with Crippen molar-refractivity contribution in [2.45, 2.75) is 31.7 Å². The van der Waals surface area contributed by atoms with E-state index in [1.165, 1.54) is 30.0 Å². The molecular weight excluding hydrogens is 474 g/mol. The van der Waals surface area contributed by atoms with Crippen LogP contribution in [-0.2, 0) is 11.3 Å². The van der Waals surface area contributed by atoms with Crippen molar-refractivity contribution in [2.75, 3.05) is 11.1 Å². The number of hydrogen-bond donors (Lipinski definition) is 1. The van der Waals surface area contributed by atoms with E-state index < -0.39 is 11.9 Å². The van der Waals surface area contributed by atoms with Gasteiger partial charge in [0, 0.05) is 17.3 Å². The second kappa shape index (κ2) is 10.8. The van der Waals surface area contributed by atoms with Crippen LogP contribution >= 0.6 is 35.0 Å². The van der Waals surface area contributed by atoms with Gasteiger partial charge in [0.1, 0.15) is 11.6 Å². The predicted octanol–water partition coefficient (Wildman–Crippen LogP) is 6.09. The second-order valence-corrected chi connectivity index (χ2v) is 8.58. The van der Waals surface area contributed by atoms with Crippen molar-refractivity contribution in [3.05, 3.63) is 76.3 Å². The Kier molecular flexibility index (Phi) is 8.17. The molecule has 0 aliphatic heterocycles. The van der Waals surface area contributed by atoms with Gasteiger partial charge in [-0.1, -0.05) is 47.1 Å². The molecule has 6 nitrogen and oxygen atoms in total. The number of anilines is 1. The molecule has 0 saturated carbocycles. The van der Waals surface area contributed by atoms with Gasteiger partial charge in [-0.3, -0.25) is 9.36 Å². The molecule has 0 aliphatic rings. The second-order valence-electron chi connectivity index (χ2n) is 6.82. The Labute approximate surface area is 199 Å². The molecular formula is C22H21Cl2FN4O2S. The maximum absolute atomic E-state index is 13.3. The number of carbonyl (C=O) groups is 1. The lowest BCUT2D eigenvalue weighted by Crippen LogP contribution is -2.16. The van der Waals surface area contributed by atoms with Gasteiger partial charge in [-0.2, -0.15) is 0 Å². The van der Waals surface area contributed by atoms with Crippen molar-refractivity contribution < 1.29 is 13.9 Å². The molecule has 1 N–H and O–H groups in total. The first-order valence-corrected chi connectivity index (χ1v) is 11.4. The van der Waals surface area contributed by atoms with Crippen LogP contribution in [0.1, 0.15) is 24.4 Å². The van der Waals surface area contributed by atoms with Gasteiger partial charge in [-0.05, 0) is 49.7 Å². The Morgan fingerprint density at radius 3 is 2.81 bits per heavy atom. The van der Waals surface area contributed by atoms with Crippen LogP contribution in [-0.4, -0.2) is 26.4 Å². The highest BCUT2D eigenvalue weighted by Gasteiger charge is 2.21. The van der Waals surface area contributed by atoms with Crippen molar-refractivity contribution in [1.29, 1.82) is 0 Å². The third-order valence-electron chi connectivity index (χ3n) is 4.49.